The van der Waals surface area contributed by atoms with Crippen molar-refractivity contribution >= 4 is 23.4 Å². The van der Waals surface area contributed by atoms with Crippen molar-refractivity contribution < 1.29 is 19.1 Å². The van der Waals surface area contributed by atoms with Crippen LogP contribution in [0.2, 0.25) is 5.02 Å². The standard InChI is InChI=1S/C19H20ClNO4/c1-10(2)24-19(23)17-15(11-6-8-12(20)9-7-11)16-13(22)4-3-5-14(16)25-18(17)21/h6-10,15H,3-5,21H2,1-2H3/t15-/m1/s1. The minimum atomic E-state index is -0.597. The van der Waals surface area contributed by atoms with Crippen molar-refractivity contribution in [3.8, 4) is 0 Å². The largest absolute Gasteiger partial charge is 0.459 e. The summed E-state index contributed by atoms with van der Waals surface area (Å²) in [6, 6.07) is 7.03. The summed E-state index contributed by atoms with van der Waals surface area (Å²) in [5.41, 5.74) is 7.48. The van der Waals surface area contributed by atoms with Gasteiger partial charge in [0.05, 0.1) is 12.0 Å². The van der Waals surface area contributed by atoms with Crippen molar-refractivity contribution in [1.29, 1.82) is 0 Å². The molecule has 2 aliphatic rings. The van der Waals surface area contributed by atoms with Gasteiger partial charge < -0.3 is 15.2 Å². The number of esters is 1. The lowest BCUT2D eigenvalue weighted by atomic mass is 9.77. The highest BCUT2D eigenvalue weighted by atomic mass is 35.5. The van der Waals surface area contributed by atoms with Gasteiger partial charge in [-0.25, -0.2) is 4.79 Å². The molecule has 0 aromatic heterocycles. The Balaban J connectivity index is 2.13. The molecule has 0 saturated heterocycles. The molecule has 5 nitrogen and oxygen atoms in total. The Labute approximate surface area is 151 Å². The Bertz CT molecular complexity index is 777. The molecule has 3 rings (SSSR count). The molecule has 25 heavy (non-hydrogen) atoms. The van der Waals surface area contributed by atoms with Crippen LogP contribution in [0.3, 0.4) is 0 Å². The third kappa shape index (κ3) is 3.42. The highest BCUT2D eigenvalue weighted by molar-refractivity contribution is 6.30. The number of hydrogen-bond acceptors (Lipinski definition) is 5. The van der Waals surface area contributed by atoms with Gasteiger partial charge in [-0.15, -0.1) is 0 Å². The van der Waals surface area contributed by atoms with Crippen LogP contribution in [0.5, 0.6) is 0 Å². The van der Waals surface area contributed by atoms with Crippen LogP contribution in [-0.2, 0) is 19.1 Å². The molecule has 0 bridgehead atoms. The van der Waals surface area contributed by atoms with Gasteiger partial charge in [-0.05, 0) is 38.0 Å². The van der Waals surface area contributed by atoms with Crippen LogP contribution in [0.25, 0.3) is 0 Å². The summed E-state index contributed by atoms with van der Waals surface area (Å²) in [6.07, 6.45) is 1.46. The SMILES string of the molecule is CC(C)OC(=O)C1=C(N)OC2=C(C(=O)CCC2)[C@H]1c1ccc(Cl)cc1. The molecule has 1 aromatic carbocycles. The quantitative estimate of drug-likeness (QED) is 0.832. The van der Waals surface area contributed by atoms with E-state index in [1.807, 2.05) is 0 Å². The van der Waals surface area contributed by atoms with Crippen molar-refractivity contribution in [2.24, 2.45) is 5.73 Å². The van der Waals surface area contributed by atoms with Crippen LogP contribution < -0.4 is 5.73 Å². The Morgan fingerprint density at radius 3 is 2.60 bits per heavy atom. The van der Waals surface area contributed by atoms with E-state index in [1.54, 1.807) is 38.1 Å². The summed E-state index contributed by atoms with van der Waals surface area (Å²) in [5, 5.41) is 0.572. The van der Waals surface area contributed by atoms with Gasteiger partial charge >= 0.3 is 5.97 Å². The number of rotatable bonds is 3. The second kappa shape index (κ2) is 6.92. The third-order valence-corrected chi connectivity index (χ3v) is 4.50. The van der Waals surface area contributed by atoms with Crippen LogP contribution in [0.15, 0.2) is 47.1 Å². The molecule has 132 valence electrons. The van der Waals surface area contributed by atoms with E-state index in [-0.39, 0.29) is 23.3 Å². The van der Waals surface area contributed by atoms with Gasteiger partial charge in [-0.3, -0.25) is 4.79 Å². The lowest BCUT2D eigenvalue weighted by molar-refractivity contribution is -0.143. The maximum absolute atomic E-state index is 12.7. The molecule has 0 saturated carbocycles. The number of hydrogen-bond donors (Lipinski definition) is 1. The van der Waals surface area contributed by atoms with Gasteiger partial charge in [0.2, 0.25) is 5.88 Å². The summed E-state index contributed by atoms with van der Waals surface area (Å²) >= 11 is 5.98. The predicted octanol–water partition coefficient (Wildman–Crippen LogP) is 3.58. The average Bonchev–Trinajstić information content (AvgIpc) is 2.53. The number of benzene rings is 1. The van der Waals surface area contributed by atoms with E-state index in [0.717, 1.165) is 5.56 Å². The highest BCUT2D eigenvalue weighted by Gasteiger charge is 2.41. The summed E-state index contributed by atoms with van der Waals surface area (Å²) < 4.78 is 11.0. The van der Waals surface area contributed by atoms with Gasteiger partial charge in [0.15, 0.2) is 5.78 Å². The molecular formula is C19H20ClNO4. The van der Waals surface area contributed by atoms with Crippen molar-refractivity contribution in [2.45, 2.75) is 45.1 Å². The molecule has 1 aliphatic carbocycles. The third-order valence-electron chi connectivity index (χ3n) is 4.25. The molecule has 6 heteroatoms. The highest BCUT2D eigenvalue weighted by Crippen LogP contribution is 2.44. The molecule has 0 fully saturated rings. The van der Waals surface area contributed by atoms with Gasteiger partial charge in [0, 0.05) is 23.4 Å². The van der Waals surface area contributed by atoms with E-state index in [4.69, 9.17) is 26.8 Å². The minimum absolute atomic E-state index is 0.000880. The summed E-state index contributed by atoms with van der Waals surface area (Å²) in [4.78, 5) is 25.2. The van der Waals surface area contributed by atoms with E-state index >= 15 is 0 Å². The Kier molecular flexibility index (Phi) is 4.86. The molecule has 1 heterocycles. The molecule has 1 atom stereocenters. The van der Waals surface area contributed by atoms with Gasteiger partial charge in [0.1, 0.15) is 11.3 Å². The first-order chi connectivity index (χ1) is 11.9. The summed E-state index contributed by atoms with van der Waals surface area (Å²) in [7, 11) is 0. The Morgan fingerprint density at radius 1 is 1.28 bits per heavy atom. The average molecular weight is 362 g/mol. The van der Waals surface area contributed by atoms with Gasteiger partial charge in [0.25, 0.3) is 0 Å². The van der Waals surface area contributed by atoms with Crippen LogP contribution in [-0.4, -0.2) is 17.9 Å². The lowest BCUT2D eigenvalue weighted by Gasteiger charge is -2.32. The second-order valence-electron chi connectivity index (χ2n) is 6.43. The zero-order valence-corrected chi connectivity index (χ0v) is 14.9. The van der Waals surface area contributed by atoms with Crippen LogP contribution in [0, 0.1) is 0 Å². The van der Waals surface area contributed by atoms with Gasteiger partial charge in [-0.2, -0.15) is 0 Å². The molecule has 0 unspecified atom stereocenters. The molecule has 0 radical (unpaired) electrons. The number of ketones is 1. The smallest absolute Gasteiger partial charge is 0.340 e. The van der Waals surface area contributed by atoms with Crippen LogP contribution in [0.4, 0.5) is 0 Å². The maximum Gasteiger partial charge on any atom is 0.340 e. The van der Waals surface area contributed by atoms with Crippen molar-refractivity contribution in [1.82, 2.24) is 0 Å². The summed E-state index contributed by atoms with van der Waals surface area (Å²) in [5.74, 6) is -0.644. The van der Waals surface area contributed by atoms with Gasteiger partial charge in [-0.1, -0.05) is 23.7 Å². The Hall–Kier alpha value is -2.27. The fourth-order valence-corrected chi connectivity index (χ4v) is 3.35. The Morgan fingerprint density at radius 2 is 1.96 bits per heavy atom. The number of halogens is 1. The van der Waals surface area contributed by atoms with E-state index < -0.39 is 11.9 Å². The molecule has 1 aliphatic heterocycles. The van der Waals surface area contributed by atoms with Crippen LogP contribution in [0.1, 0.15) is 44.6 Å². The number of Topliss-reactive ketones (excluding diaryl/α,β-unsaturated/α-hetero) is 1. The number of allylic oxidation sites excluding steroid dienone is 2. The maximum atomic E-state index is 12.7. The van der Waals surface area contributed by atoms with Crippen molar-refractivity contribution in [3.63, 3.8) is 0 Å². The topological polar surface area (TPSA) is 78.6 Å². The molecule has 1 aromatic rings. The number of carbonyl (C=O) groups excluding carboxylic acids is 2. The monoisotopic (exact) mass is 361 g/mol. The second-order valence-corrected chi connectivity index (χ2v) is 6.87. The normalized spacial score (nSPS) is 20.5. The summed E-state index contributed by atoms with van der Waals surface area (Å²) in [6.45, 7) is 3.51. The van der Waals surface area contributed by atoms with E-state index in [0.29, 0.717) is 35.6 Å². The van der Waals surface area contributed by atoms with Crippen LogP contribution >= 0.6 is 11.6 Å². The molecule has 0 spiro atoms. The minimum Gasteiger partial charge on any atom is -0.459 e. The van der Waals surface area contributed by atoms with E-state index in [2.05, 4.69) is 0 Å². The molecule has 2 N–H and O–H groups in total. The zero-order chi connectivity index (χ0) is 18.1. The number of carbonyl (C=O) groups is 2. The number of nitrogens with two attached hydrogens (primary N) is 1. The van der Waals surface area contributed by atoms with E-state index in [9.17, 15) is 9.59 Å². The predicted molar refractivity (Wildman–Crippen MR) is 93.6 cm³/mol. The molecule has 0 amide bonds. The molecular weight excluding hydrogens is 342 g/mol. The first-order valence-corrected chi connectivity index (χ1v) is 8.66. The van der Waals surface area contributed by atoms with Crippen molar-refractivity contribution in [3.05, 3.63) is 57.6 Å². The number of ether oxygens (including phenoxy) is 2. The first kappa shape index (κ1) is 17.5. The van der Waals surface area contributed by atoms with E-state index in [1.165, 1.54) is 0 Å². The van der Waals surface area contributed by atoms with Crippen molar-refractivity contribution in [2.75, 3.05) is 0 Å². The zero-order valence-electron chi connectivity index (χ0n) is 14.2. The fraction of sp³-hybridized carbons (Fsp3) is 0.368. The lowest BCUT2D eigenvalue weighted by Crippen LogP contribution is -2.32. The first-order valence-electron chi connectivity index (χ1n) is 8.28. The fourth-order valence-electron chi connectivity index (χ4n) is 3.22.